The zero-order chi connectivity index (χ0) is 12.8. The van der Waals surface area contributed by atoms with E-state index in [0.29, 0.717) is 12.5 Å². The van der Waals surface area contributed by atoms with Crippen LogP contribution in [-0.2, 0) is 6.42 Å². The molecule has 0 unspecified atom stereocenters. The highest BCUT2D eigenvalue weighted by Gasteiger charge is 2.05. The quantitative estimate of drug-likeness (QED) is 0.643. The molecule has 2 rings (SSSR count). The fourth-order valence-electron chi connectivity index (χ4n) is 1.47. The summed E-state index contributed by atoms with van der Waals surface area (Å²) in [5.41, 5.74) is 1.11. The molecule has 1 N–H and O–H groups in total. The normalized spacial score (nSPS) is 10.0. The van der Waals surface area contributed by atoms with Gasteiger partial charge in [0.15, 0.2) is 0 Å². The maximum absolute atomic E-state index is 10.4. The van der Waals surface area contributed by atoms with Crippen LogP contribution >= 0.6 is 0 Å². The van der Waals surface area contributed by atoms with Crippen LogP contribution in [0.4, 0.5) is 11.6 Å². The zero-order valence-electron chi connectivity index (χ0n) is 9.61. The lowest BCUT2D eigenvalue weighted by molar-refractivity contribution is -0.385. The van der Waals surface area contributed by atoms with Crippen molar-refractivity contribution in [2.24, 2.45) is 0 Å². The molecule has 0 amide bonds. The van der Waals surface area contributed by atoms with Crippen molar-refractivity contribution >= 4 is 11.6 Å². The first-order chi connectivity index (χ1) is 8.75. The van der Waals surface area contributed by atoms with Gasteiger partial charge in [-0.05, 0) is 12.0 Å². The summed E-state index contributed by atoms with van der Waals surface area (Å²) in [6, 6.07) is 10.0. The van der Waals surface area contributed by atoms with Gasteiger partial charge in [0.2, 0.25) is 5.95 Å². The Bertz CT molecular complexity index is 513. The highest BCUT2D eigenvalue weighted by atomic mass is 16.6. The summed E-state index contributed by atoms with van der Waals surface area (Å²) in [4.78, 5) is 17.6. The van der Waals surface area contributed by atoms with Crippen molar-refractivity contribution in [3.63, 3.8) is 0 Å². The summed E-state index contributed by atoms with van der Waals surface area (Å²) in [6.07, 6.45) is 3.23. The van der Waals surface area contributed by atoms with Crippen molar-refractivity contribution in [3.05, 3.63) is 58.4 Å². The molecule has 1 aromatic heterocycles. The first-order valence-corrected chi connectivity index (χ1v) is 5.50. The van der Waals surface area contributed by atoms with Crippen molar-refractivity contribution < 1.29 is 4.92 Å². The number of rotatable bonds is 5. The van der Waals surface area contributed by atoms with Crippen molar-refractivity contribution in [1.29, 1.82) is 0 Å². The molecule has 6 nitrogen and oxygen atoms in total. The molecular weight excluding hydrogens is 232 g/mol. The van der Waals surface area contributed by atoms with Crippen LogP contribution in [0.1, 0.15) is 5.56 Å². The van der Waals surface area contributed by atoms with Gasteiger partial charge in [-0.1, -0.05) is 30.3 Å². The molecule has 0 bridgehead atoms. The second kappa shape index (κ2) is 5.72. The van der Waals surface area contributed by atoms with Crippen molar-refractivity contribution in [2.75, 3.05) is 11.9 Å². The highest BCUT2D eigenvalue weighted by molar-refractivity contribution is 5.30. The zero-order valence-corrected chi connectivity index (χ0v) is 9.61. The summed E-state index contributed by atoms with van der Waals surface area (Å²) in [5, 5.41) is 13.4. The van der Waals surface area contributed by atoms with Gasteiger partial charge in [0.05, 0.1) is 4.92 Å². The molecule has 1 aromatic carbocycles. The van der Waals surface area contributed by atoms with Crippen LogP contribution in [0.25, 0.3) is 0 Å². The van der Waals surface area contributed by atoms with Crippen molar-refractivity contribution in [2.45, 2.75) is 6.42 Å². The summed E-state index contributed by atoms with van der Waals surface area (Å²) < 4.78 is 0. The van der Waals surface area contributed by atoms with Gasteiger partial charge in [-0.2, -0.15) is 0 Å². The fraction of sp³-hybridized carbons (Fsp3) is 0.167. The molecule has 0 radical (unpaired) electrons. The molecule has 6 heteroatoms. The van der Waals surface area contributed by atoms with E-state index in [1.807, 2.05) is 30.3 Å². The molecule has 92 valence electrons. The van der Waals surface area contributed by atoms with Gasteiger partial charge in [0.1, 0.15) is 12.4 Å². The van der Waals surface area contributed by atoms with Gasteiger partial charge >= 0.3 is 5.69 Å². The van der Waals surface area contributed by atoms with E-state index in [4.69, 9.17) is 0 Å². The smallest absolute Gasteiger partial charge is 0.305 e. The van der Waals surface area contributed by atoms with E-state index >= 15 is 0 Å². The molecule has 2 aromatic rings. The molecule has 0 saturated heterocycles. The van der Waals surface area contributed by atoms with Gasteiger partial charge in [0, 0.05) is 6.54 Å². The molecule has 0 aliphatic carbocycles. The summed E-state index contributed by atoms with van der Waals surface area (Å²) >= 11 is 0. The van der Waals surface area contributed by atoms with Crippen molar-refractivity contribution in [1.82, 2.24) is 9.97 Å². The standard InChI is InChI=1S/C12H12N4O2/c17-16(18)11-8-14-12(15-9-11)13-7-6-10-4-2-1-3-5-10/h1-5,8-9H,6-7H2,(H,13,14,15). The van der Waals surface area contributed by atoms with E-state index in [2.05, 4.69) is 15.3 Å². The minimum Gasteiger partial charge on any atom is -0.354 e. The van der Waals surface area contributed by atoms with E-state index in [-0.39, 0.29) is 5.69 Å². The van der Waals surface area contributed by atoms with Crippen LogP contribution in [0, 0.1) is 10.1 Å². The number of nitro groups is 1. The highest BCUT2D eigenvalue weighted by Crippen LogP contribution is 2.08. The van der Waals surface area contributed by atoms with Crippen LogP contribution in [0.2, 0.25) is 0 Å². The molecule has 0 spiro atoms. The molecule has 18 heavy (non-hydrogen) atoms. The van der Waals surface area contributed by atoms with E-state index < -0.39 is 4.92 Å². The Balaban J connectivity index is 1.85. The predicted molar refractivity (Wildman–Crippen MR) is 67.3 cm³/mol. The summed E-state index contributed by atoms with van der Waals surface area (Å²) in [6.45, 7) is 0.682. The Morgan fingerprint density at radius 2 is 1.83 bits per heavy atom. The van der Waals surface area contributed by atoms with E-state index in [0.717, 1.165) is 6.42 Å². The Hall–Kier alpha value is -2.50. The Morgan fingerprint density at radius 1 is 1.17 bits per heavy atom. The van der Waals surface area contributed by atoms with E-state index in [1.54, 1.807) is 0 Å². The van der Waals surface area contributed by atoms with E-state index in [1.165, 1.54) is 18.0 Å². The lowest BCUT2D eigenvalue weighted by Crippen LogP contribution is -2.07. The minimum atomic E-state index is -0.520. The van der Waals surface area contributed by atoms with Gasteiger partial charge < -0.3 is 5.32 Å². The van der Waals surface area contributed by atoms with Crippen LogP contribution in [0.3, 0.4) is 0 Å². The van der Waals surface area contributed by atoms with Gasteiger partial charge in [-0.15, -0.1) is 0 Å². The minimum absolute atomic E-state index is 0.108. The molecular formula is C12H12N4O2. The number of nitrogens with one attached hydrogen (secondary N) is 1. The maximum atomic E-state index is 10.4. The van der Waals surface area contributed by atoms with Crippen LogP contribution in [0.15, 0.2) is 42.7 Å². The molecule has 0 aliphatic rings. The molecule has 1 heterocycles. The molecule has 0 saturated carbocycles. The first kappa shape index (κ1) is 12.0. The number of hydrogen-bond acceptors (Lipinski definition) is 5. The Morgan fingerprint density at radius 3 is 2.44 bits per heavy atom. The van der Waals surface area contributed by atoms with Crippen LogP contribution in [0.5, 0.6) is 0 Å². The third-order valence-corrected chi connectivity index (χ3v) is 2.39. The van der Waals surface area contributed by atoms with Gasteiger partial charge in [-0.3, -0.25) is 10.1 Å². The lowest BCUT2D eigenvalue weighted by Gasteiger charge is -2.03. The SMILES string of the molecule is O=[N+]([O-])c1cnc(NCCc2ccccc2)nc1. The molecule has 0 fully saturated rings. The third kappa shape index (κ3) is 3.24. The number of hydrogen-bond donors (Lipinski definition) is 1. The van der Waals surface area contributed by atoms with Crippen LogP contribution < -0.4 is 5.32 Å². The topological polar surface area (TPSA) is 81.0 Å². The first-order valence-electron chi connectivity index (χ1n) is 5.50. The second-order valence-electron chi connectivity index (χ2n) is 3.68. The lowest BCUT2D eigenvalue weighted by atomic mass is 10.1. The fourth-order valence-corrected chi connectivity index (χ4v) is 1.47. The average molecular weight is 244 g/mol. The largest absolute Gasteiger partial charge is 0.354 e. The Kier molecular flexibility index (Phi) is 3.80. The van der Waals surface area contributed by atoms with E-state index in [9.17, 15) is 10.1 Å². The van der Waals surface area contributed by atoms with Gasteiger partial charge in [-0.25, -0.2) is 9.97 Å². The maximum Gasteiger partial charge on any atom is 0.305 e. The Labute approximate surface area is 104 Å². The van der Waals surface area contributed by atoms with Gasteiger partial charge in [0.25, 0.3) is 0 Å². The monoisotopic (exact) mass is 244 g/mol. The van der Waals surface area contributed by atoms with Crippen LogP contribution in [-0.4, -0.2) is 21.4 Å². The molecule has 0 atom stereocenters. The van der Waals surface area contributed by atoms with Crippen molar-refractivity contribution in [3.8, 4) is 0 Å². The third-order valence-electron chi connectivity index (χ3n) is 2.39. The number of anilines is 1. The molecule has 0 aliphatic heterocycles. The summed E-state index contributed by atoms with van der Waals surface area (Å²) in [5.74, 6) is 0.400. The number of nitrogens with zero attached hydrogens (tertiary/aromatic N) is 3. The number of aromatic nitrogens is 2. The second-order valence-corrected chi connectivity index (χ2v) is 3.68. The number of benzene rings is 1. The average Bonchev–Trinajstić information content (AvgIpc) is 2.40. The predicted octanol–water partition coefficient (Wildman–Crippen LogP) is 2.04. The summed E-state index contributed by atoms with van der Waals surface area (Å²) in [7, 11) is 0.